The lowest BCUT2D eigenvalue weighted by molar-refractivity contribution is 0.171. The number of aryl methyl sites for hydroxylation is 2. The minimum atomic E-state index is -3.54. The monoisotopic (exact) mass is 325 g/mol. The van der Waals surface area contributed by atoms with Crippen LogP contribution in [-0.2, 0) is 16.6 Å². The number of hydrogen-bond acceptors (Lipinski definition) is 6. The molecule has 1 aliphatic rings. The van der Waals surface area contributed by atoms with Crippen LogP contribution in [0.1, 0.15) is 17.2 Å². The molecule has 3 rings (SSSR count). The highest BCUT2D eigenvalue weighted by Crippen LogP contribution is 2.24. The molecule has 0 saturated carbocycles. The van der Waals surface area contributed by atoms with E-state index in [1.54, 1.807) is 20.1 Å². The van der Waals surface area contributed by atoms with Crippen LogP contribution in [0.3, 0.4) is 0 Å². The summed E-state index contributed by atoms with van der Waals surface area (Å²) in [5, 5.41) is 3.74. The molecular formula is C14H19N3O4S. The molecule has 2 aromatic rings. The summed E-state index contributed by atoms with van der Waals surface area (Å²) in [7, 11) is -3.54. The summed E-state index contributed by atoms with van der Waals surface area (Å²) < 4.78 is 37.2. The zero-order valence-electron chi connectivity index (χ0n) is 12.7. The highest BCUT2D eigenvalue weighted by Gasteiger charge is 2.33. The Hall–Kier alpha value is -1.64. The molecule has 2 aromatic heterocycles. The van der Waals surface area contributed by atoms with E-state index in [4.69, 9.17) is 8.94 Å². The van der Waals surface area contributed by atoms with Gasteiger partial charge in [-0.1, -0.05) is 5.16 Å². The fraction of sp³-hybridized carbons (Fsp3) is 0.500. The number of hydrogen-bond donors (Lipinski definition) is 0. The van der Waals surface area contributed by atoms with Crippen LogP contribution in [0.15, 0.2) is 32.2 Å². The van der Waals surface area contributed by atoms with Gasteiger partial charge in [0, 0.05) is 26.2 Å². The van der Waals surface area contributed by atoms with Gasteiger partial charge in [0.15, 0.2) is 5.76 Å². The van der Waals surface area contributed by atoms with Gasteiger partial charge in [-0.3, -0.25) is 4.90 Å². The maximum absolute atomic E-state index is 12.7. The lowest BCUT2D eigenvalue weighted by Crippen LogP contribution is -2.48. The second kappa shape index (κ2) is 5.86. The van der Waals surface area contributed by atoms with Crippen molar-refractivity contribution in [2.75, 3.05) is 26.2 Å². The molecule has 0 aliphatic carbocycles. The van der Waals surface area contributed by atoms with Crippen molar-refractivity contribution in [1.29, 1.82) is 0 Å². The molecule has 22 heavy (non-hydrogen) atoms. The molecule has 0 aromatic carbocycles. The zero-order chi connectivity index (χ0) is 15.7. The minimum absolute atomic E-state index is 0.201. The standard InChI is InChI=1S/C14H19N3O4S/c1-11-14(12(2)21-15-11)22(18,19)17-7-5-16(6-8-17)10-13-4-3-9-20-13/h3-4,9H,5-8,10H2,1-2H3. The molecule has 1 fully saturated rings. The van der Waals surface area contributed by atoms with Gasteiger partial charge in [-0.2, -0.15) is 4.31 Å². The van der Waals surface area contributed by atoms with Gasteiger partial charge in [0.2, 0.25) is 10.0 Å². The Kier molecular flexibility index (Phi) is 4.07. The molecule has 0 radical (unpaired) electrons. The third-order valence-electron chi connectivity index (χ3n) is 3.86. The van der Waals surface area contributed by atoms with Crippen LogP contribution in [0.2, 0.25) is 0 Å². The van der Waals surface area contributed by atoms with Crippen molar-refractivity contribution in [3.63, 3.8) is 0 Å². The first-order chi connectivity index (χ1) is 10.5. The van der Waals surface area contributed by atoms with E-state index in [9.17, 15) is 8.42 Å². The number of nitrogens with zero attached hydrogens (tertiary/aromatic N) is 3. The second-order valence-electron chi connectivity index (χ2n) is 5.41. The van der Waals surface area contributed by atoms with Crippen LogP contribution in [0.5, 0.6) is 0 Å². The summed E-state index contributed by atoms with van der Waals surface area (Å²) >= 11 is 0. The Balaban J connectivity index is 1.68. The molecule has 0 bridgehead atoms. The molecule has 0 spiro atoms. The molecule has 1 saturated heterocycles. The van der Waals surface area contributed by atoms with Crippen molar-refractivity contribution in [3.05, 3.63) is 35.6 Å². The predicted octanol–water partition coefficient (Wildman–Crippen LogP) is 1.39. The van der Waals surface area contributed by atoms with Gasteiger partial charge in [0.05, 0.1) is 12.8 Å². The lowest BCUT2D eigenvalue weighted by Gasteiger charge is -2.33. The number of rotatable bonds is 4. The van der Waals surface area contributed by atoms with E-state index in [-0.39, 0.29) is 4.90 Å². The zero-order valence-corrected chi connectivity index (χ0v) is 13.5. The van der Waals surface area contributed by atoms with Crippen LogP contribution in [0.4, 0.5) is 0 Å². The Morgan fingerprint density at radius 2 is 1.95 bits per heavy atom. The SMILES string of the molecule is Cc1noc(C)c1S(=O)(=O)N1CCN(Cc2ccco2)CC1. The van der Waals surface area contributed by atoms with Crippen molar-refractivity contribution in [2.24, 2.45) is 0 Å². The van der Waals surface area contributed by atoms with E-state index < -0.39 is 10.0 Å². The summed E-state index contributed by atoms with van der Waals surface area (Å²) in [5.41, 5.74) is 0.413. The molecule has 7 nitrogen and oxygen atoms in total. The maximum Gasteiger partial charge on any atom is 0.248 e. The van der Waals surface area contributed by atoms with Crippen LogP contribution in [0, 0.1) is 13.8 Å². The molecule has 0 N–H and O–H groups in total. The first-order valence-corrected chi connectivity index (χ1v) is 8.60. The Morgan fingerprint density at radius 1 is 1.23 bits per heavy atom. The van der Waals surface area contributed by atoms with Crippen molar-refractivity contribution >= 4 is 10.0 Å². The molecule has 0 atom stereocenters. The lowest BCUT2D eigenvalue weighted by atomic mass is 10.3. The first kappa shape index (κ1) is 15.3. The van der Waals surface area contributed by atoms with Crippen molar-refractivity contribution in [3.8, 4) is 0 Å². The fourth-order valence-electron chi connectivity index (χ4n) is 2.72. The van der Waals surface area contributed by atoms with E-state index in [0.717, 1.165) is 5.76 Å². The molecular weight excluding hydrogens is 306 g/mol. The summed E-state index contributed by atoms with van der Waals surface area (Å²) in [6.07, 6.45) is 1.65. The van der Waals surface area contributed by atoms with Gasteiger partial charge in [-0.25, -0.2) is 8.42 Å². The van der Waals surface area contributed by atoms with Crippen LogP contribution >= 0.6 is 0 Å². The molecule has 0 amide bonds. The summed E-state index contributed by atoms with van der Waals surface area (Å²) in [5.74, 6) is 1.23. The molecule has 3 heterocycles. The van der Waals surface area contributed by atoms with Gasteiger partial charge in [0.1, 0.15) is 16.3 Å². The van der Waals surface area contributed by atoms with Gasteiger partial charge >= 0.3 is 0 Å². The van der Waals surface area contributed by atoms with E-state index in [2.05, 4.69) is 10.1 Å². The van der Waals surface area contributed by atoms with Gasteiger partial charge in [0.25, 0.3) is 0 Å². The summed E-state index contributed by atoms with van der Waals surface area (Å²) in [6.45, 7) is 6.22. The van der Waals surface area contributed by atoms with Gasteiger partial charge < -0.3 is 8.94 Å². The Bertz CT molecular complexity index is 709. The largest absolute Gasteiger partial charge is 0.468 e. The van der Waals surface area contributed by atoms with Gasteiger partial charge in [-0.15, -0.1) is 0 Å². The highest BCUT2D eigenvalue weighted by atomic mass is 32.2. The van der Waals surface area contributed by atoms with E-state index in [1.165, 1.54) is 4.31 Å². The molecule has 120 valence electrons. The number of sulfonamides is 1. The smallest absolute Gasteiger partial charge is 0.248 e. The summed E-state index contributed by atoms with van der Waals surface area (Å²) in [6, 6.07) is 3.78. The Morgan fingerprint density at radius 3 is 2.50 bits per heavy atom. The first-order valence-electron chi connectivity index (χ1n) is 7.16. The van der Waals surface area contributed by atoms with Crippen molar-refractivity contribution < 1.29 is 17.4 Å². The number of furan rings is 1. The highest BCUT2D eigenvalue weighted by molar-refractivity contribution is 7.89. The third-order valence-corrected chi connectivity index (χ3v) is 6.00. The molecule has 0 unspecified atom stereocenters. The van der Waals surface area contributed by atoms with Crippen molar-refractivity contribution in [1.82, 2.24) is 14.4 Å². The van der Waals surface area contributed by atoms with E-state index in [1.807, 2.05) is 12.1 Å². The fourth-order valence-corrected chi connectivity index (χ4v) is 4.44. The van der Waals surface area contributed by atoms with E-state index in [0.29, 0.717) is 44.2 Å². The van der Waals surface area contributed by atoms with Crippen LogP contribution in [0.25, 0.3) is 0 Å². The third kappa shape index (κ3) is 2.81. The topological polar surface area (TPSA) is 79.8 Å². The average molecular weight is 325 g/mol. The quantitative estimate of drug-likeness (QED) is 0.845. The second-order valence-corrected chi connectivity index (χ2v) is 7.29. The van der Waals surface area contributed by atoms with Gasteiger partial charge in [-0.05, 0) is 26.0 Å². The average Bonchev–Trinajstić information content (AvgIpc) is 3.10. The Labute approximate surface area is 129 Å². The maximum atomic E-state index is 12.7. The molecule has 8 heteroatoms. The van der Waals surface area contributed by atoms with Crippen molar-refractivity contribution in [2.45, 2.75) is 25.3 Å². The number of aromatic nitrogens is 1. The van der Waals surface area contributed by atoms with E-state index >= 15 is 0 Å². The van der Waals surface area contributed by atoms with Crippen LogP contribution in [-0.4, -0.2) is 49.0 Å². The number of piperazine rings is 1. The minimum Gasteiger partial charge on any atom is -0.468 e. The predicted molar refractivity (Wildman–Crippen MR) is 78.7 cm³/mol. The van der Waals surface area contributed by atoms with Crippen LogP contribution < -0.4 is 0 Å². The summed E-state index contributed by atoms with van der Waals surface area (Å²) in [4.78, 5) is 2.38. The normalized spacial score (nSPS) is 17.9. The molecule has 1 aliphatic heterocycles.